The third-order valence-electron chi connectivity index (χ3n) is 4.49. The van der Waals surface area contributed by atoms with E-state index in [0.717, 1.165) is 0 Å². The minimum Gasteiger partial charge on any atom is -0.203 e. The molecule has 2 aromatic carbocycles. The first-order valence-electron chi connectivity index (χ1n) is 7.61. The molecule has 0 fully saturated rings. The highest BCUT2D eigenvalue weighted by Crippen LogP contribution is 2.44. The summed E-state index contributed by atoms with van der Waals surface area (Å²) in [5.41, 5.74) is -4.83. The molecule has 2 rings (SSSR count). The summed E-state index contributed by atoms with van der Waals surface area (Å²) in [4.78, 5) is 0. The first kappa shape index (κ1) is 21.2. The molecular formula is C17H10BF9. The molecular weight excluding hydrogens is 386 g/mol. The lowest BCUT2D eigenvalue weighted by molar-refractivity contribution is 0.376. The minimum absolute atomic E-state index is 0.257. The fourth-order valence-corrected chi connectivity index (χ4v) is 2.76. The molecule has 0 amide bonds. The lowest BCUT2D eigenvalue weighted by atomic mass is 9.59. The van der Waals surface area contributed by atoms with E-state index in [4.69, 9.17) is 7.85 Å². The third-order valence-corrected chi connectivity index (χ3v) is 4.49. The molecule has 0 nitrogen and oxygen atoms in total. The second kappa shape index (κ2) is 7.12. The lowest BCUT2D eigenvalue weighted by Gasteiger charge is -2.31. The summed E-state index contributed by atoms with van der Waals surface area (Å²) in [6, 6.07) is 0. The van der Waals surface area contributed by atoms with Gasteiger partial charge in [0, 0.05) is 5.56 Å². The molecule has 2 aromatic rings. The molecule has 144 valence electrons. The molecule has 0 unspecified atom stereocenters. The predicted octanol–water partition coefficient (Wildman–Crippen LogP) is 5.79. The number of hydrogen-bond acceptors (Lipinski definition) is 0. The average molecular weight is 396 g/mol. The third kappa shape index (κ3) is 2.98. The van der Waals surface area contributed by atoms with E-state index in [-0.39, 0.29) is 12.8 Å². The smallest absolute Gasteiger partial charge is 0.200 e. The van der Waals surface area contributed by atoms with Crippen LogP contribution < -0.4 is 0 Å². The molecule has 0 saturated heterocycles. The molecule has 0 spiro atoms. The Morgan fingerprint density at radius 3 is 1.19 bits per heavy atom. The Labute approximate surface area is 149 Å². The highest BCUT2D eigenvalue weighted by molar-refractivity contribution is 6.16. The Balaban J connectivity index is 3.17. The lowest BCUT2D eigenvalue weighted by Crippen LogP contribution is -2.29. The average Bonchev–Trinajstić information content (AvgIpc) is 2.66. The number of rotatable bonds is 4. The van der Waals surface area contributed by atoms with Gasteiger partial charge in [-0.25, -0.2) is 39.5 Å². The Morgan fingerprint density at radius 2 is 0.815 bits per heavy atom. The van der Waals surface area contributed by atoms with Crippen molar-refractivity contribution in [1.82, 2.24) is 0 Å². The van der Waals surface area contributed by atoms with E-state index in [1.807, 2.05) is 0 Å². The van der Waals surface area contributed by atoms with Gasteiger partial charge in [-0.3, -0.25) is 0 Å². The summed E-state index contributed by atoms with van der Waals surface area (Å²) in [6.45, 7) is 2.65. The molecule has 0 aliphatic heterocycles. The van der Waals surface area contributed by atoms with Crippen molar-refractivity contribution in [3.05, 3.63) is 57.9 Å². The fourth-order valence-electron chi connectivity index (χ4n) is 2.76. The van der Waals surface area contributed by atoms with Gasteiger partial charge in [0.05, 0.1) is 13.4 Å². The zero-order valence-electron chi connectivity index (χ0n) is 13.9. The fraction of sp³-hybridized carbons (Fsp3) is 0.294. The maximum absolute atomic E-state index is 14.4. The Morgan fingerprint density at radius 1 is 0.519 bits per heavy atom. The van der Waals surface area contributed by atoms with E-state index in [2.05, 4.69) is 0 Å². The van der Waals surface area contributed by atoms with Gasteiger partial charge >= 0.3 is 0 Å². The van der Waals surface area contributed by atoms with E-state index < -0.39 is 74.4 Å². The predicted molar refractivity (Wildman–Crippen MR) is 79.5 cm³/mol. The van der Waals surface area contributed by atoms with Gasteiger partial charge in [0.15, 0.2) is 46.5 Å². The van der Waals surface area contributed by atoms with Crippen LogP contribution >= 0.6 is 0 Å². The second-order valence-electron chi connectivity index (χ2n) is 5.81. The zero-order chi connectivity index (χ0) is 20.8. The molecule has 0 aromatic heterocycles. The normalized spacial score (nSPS) is 12.0. The SMILES string of the molecule is [B]C(CC)(CC)c1c(F)c(F)c(F)c(F)c1-c1c(F)c(F)c(F)c(F)c1F. The summed E-state index contributed by atoms with van der Waals surface area (Å²) >= 11 is 0. The standard InChI is InChI=1S/C17H10BF9/c1-3-17(18,4-2)7-5(8(19)12(23)15(26)11(7)22)6-9(20)13(24)16(27)14(25)10(6)21/h3-4H2,1-2H3. The number of benzene rings is 2. The van der Waals surface area contributed by atoms with Crippen molar-refractivity contribution in [2.24, 2.45) is 0 Å². The highest BCUT2D eigenvalue weighted by Gasteiger charge is 2.39. The Kier molecular flexibility index (Phi) is 5.59. The van der Waals surface area contributed by atoms with Crippen LogP contribution in [-0.2, 0) is 5.31 Å². The van der Waals surface area contributed by atoms with Crippen molar-refractivity contribution in [3.8, 4) is 11.1 Å². The summed E-state index contributed by atoms with van der Waals surface area (Å²) in [6.07, 6.45) is -0.513. The number of hydrogen-bond donors (Lipinski definition) is 0. The van der Waals surface area contributed by atoms with E-state index >= 15 is 0 Å². The van der Waals surface area contributed by atoms with Crippen LogP contribution in [0.2, 0.25) is 0 Å². The summed E-state index contributed by atoms with van der Waals surface area (Å²) < 4.78 is 125. The monoisotopic (exact) mass is 396 g/mol. The summed E-state index contributed by atoms with van der Waals surface area (Å²) in [5, 5.41) is -1.99. The van der Waals surface area contributed by atoms with E-state index in [9.17, 15) is 39.5 Å². The Hall–Kier alpha value is -2.13. The molecule has 0 aliphatic carbocycles. The van der Waals surface area contributed by atoms with Crippen LogP contribution in [0.25, 0.3) is 11.1 Å². The van der Waals surface area contributed by atoms with Gasteiger partial charge in [0.25, 0.3) is 0 Å². The molecule has 0 atom stereocenters. The molecule has 0 saturated carbocycles. The van der Waals surface area contributed by atoms with Crippen molar-refractivity contribution >= 4 is 7.85 Å². The van der Waals surface area contributed by atoms with Crippen LogP contribution in [-0.4, -0.2) is 7.85 Å². The van der Waals surface area contributed by atoms with Crippen LogP contribution in [0.3, 0.4) is 0 Å². The molecule has 0 N–H and O–H groups in total. The first-order valence-corrected chi connectivity index (χ1v) is 7.61. The molecule has 0 aliphatic rings. The van der Waals surface area contributed by atoms with Gasteiger partial charge in [0.2, 0.25) is 5.82 Å². The van der Waals surface area contributed by atoms with Crippen molar-refractivity contribution in [1.29, 1.82) is 0 Å². The van der Waals surface area contributed by atoms with Crippen molar-refractivity contribution in [2.75, 3.05) is 0 Å². The van der Waals surface area contributed by atoms with Crippen LogP contribution in [0.1, 0.15) is 32.3 Å². The summed E-state index contributed by atoms with van der Waals surface area (Å²) in [5.74, 6) is -21.8. The second-order valence-corrected chi connectivity index (χ2v) is 5.81. The van der Waals surface area contributed by atoms with Crippen molar-refractivity contribution < 1.29 is 39.5 Å². The van der Waals surface area contributed by atoms with Gasteiger partial charge in [-0.05, 0) is 10.9 Å². The first-order chi connectivity index (χ1) is 12.4. The zero-order valence-corrected chi connectivity index (χ0v) is 13.9. The van der Waals surface area contributed by atoms with Crippen LogP contribution in [0.5, 0.6) is 0 Å². The molecule has 10 heteroatoms. The molecule has 0 bridgehead atoms. The van der Waals surface area contributed by atoms with E-state index in [0.29, 0.717) is 0 Å². The molecule has 2 radical (unpaired) electrons. The highest BCUT2D eigenvalue weighted by atomic mass is 19.2. The maximum atomic E-state index is 14.4. The van der Waals surface area contributed by atoms with Gasteiger partial charge in [-0.1, -0.05) is 26.7 Å². The minimum atomic E-state index is -2.55. The van der Waals surface area contributed by atoms with Gasteiger partial charge in [-0.2, -0.15) is 0 Å². The van der Waals surface area contributed by atoms with Gasteiger partial charge in [0.1, 0.15) is 0 Å². The van der Waals surface area contributed by atoms with Gasteiger partial charge in [-0.15, -0.1) is 0 Å². The largest absolute Gasteiger partial charge is 0.203 e. The van der Waals surface area contributed by atoms with Crippen molar-refractivity contribution in [3.63, 3.8) is 0 Å². The molecule has 27 heavy (non-hydrogen) atoms. The van der Waals surface area contributed by atoms with Crippen LogP contribution in [0.4, 0.5) is 39.5 Å². The maximum Gasteiger partial charge on any atom is 0.200 e. The summed E-state index contributed by atoms with van der Waals surface area (Å²) in [7, 11) is 5.85. The van der Waals surface area contributed by atoms with E-state index in [1.54, 1.807) is 0 Å². The van der Waals surface area contributed by atoms with Crippen LogP contribution in [0, 0.1) is 52.4 Å². The van der Waals surface area contributed by atoms with Gasteiger partial charge < -0.3 is 0 Å². The topological polar surface area (TPSA) is 0 Å². The van der Waals surface area contributed by atoms with Crippen LogP contribution in [0.15, 0.2) is 0 Å². The van der Waals surface area contributed by atoms with Crippen molar-refractivity contribution in [2.45, 2.75) is 32.0 Å². The quantitative estimate of drug-likeness (QED) is 0.266. The number of halogens is 9. The Bertz CT molecular complexity index is 891. The molecule has 0 heterocycles. The van der Waals surface area contributed by atoms with E-state index in [1.165, 1.54) is 13.8 Å².